The summed E-state index contributed by atoms with van der Waals surface area (Å²) in [5.74, 6) is -0.0800. The van der Waals surface area contributed by atoms with Crippen LogP contribution in [0.25, 0.3) is 11.4 Å². The summed E-state index contributed by atoms with van der Waals surface area (Å²) >= 11 is 0. The van der Waals surface area contributed by atoms with Gasteiger partial charge in [0.1, 0.15) is 11.5 Å². The number of ether oxygens (including phenoxy) is 1. The number of aromatic amines is 1. The lowest BCUT2D eigenvalue weighted by Gasteiger charge is -2.32. The molecule has 12 heteroatoms. The number of amides is 1. The number of nitro benzene ring substituents is 1. The topological polar surface area (TPSA) is 105 Å². The first kappa shape index (κ1) is 21.6. The van der Waals surface area contributed by atoms with Gasteiger partial charge in [0.2, 0.25) is 6.41 Å². The van der Waals surface area contributed by atoms with E-state index >= 15 is 0 Å². The number of nitro groups is 1. The van der Waals surface area contributed by atoms with E-state index in [0.717, 1.165) is 32.1 Å². The second-order valence-electron chi connectivity index (χ2n) is 6.77. The molecule has 2 aromatic rings. The fraction of sp³-hybridized carbons (Fsp3) is 0.444. The molecule has 1 fully saturated rings. The van der Waals surface area contributed by atoms with Crippen molar-refractivity contribution in [2.75, 3.05) is 39.3 Å². The first-order valence-electron chi connectivity index (χ1n) is 9.23. The highest BCUT2D eigenvalue weighted by atomic mass is 19.4. The third kappa shape index (κ3) is 5.26. The van der Waals surface area contributed by atoms with Crippen LogP contribution in [0.3, 0.4) is 0 Å². The normalized spacial score (nSPS) is 15.2. The molecule has 162 valence electrons. The Morgan fingerprint density at radius 2 is 2.00 bits per heavy atom. The van der Waals surface area contributed by atoms with Gasteiger partial charge in [0.25, 0.3) is 0 Å². The fourth-order valence-corrected chi connectivity index (χ4v) is 3.10. The van der Waals surface area contributed by atoms with Crippen molar-refractivity contribution in [2.45, 2.75) is 12.6 Å². The van der Waals surface area contributed by atoms with Crippen molar-refractivity contribution in [3.63, 3.8) is 0 Å². The standard InChI is InChI=1S/C18H20F3N5O4/c19-18(20,21)16-11-22-17(23-16)13-2-3-15(14(10-13)26(28)29)30-9-1-4-24-5-7-25(12-27)8-6-24/h2-3,10-12H,1,4-9H2,(H,22,23). The number of carbonyl (C=O) groups excluding carboxylic acids is 1. The zero-order valence-corrected chi connectivity index (χ0v) is 15.9. The van der Waals surface area contributed by atoms with Crippen molar-refractivity contribution in [1.29, 1.82) is 0 Å². The van der Waals surface area contributed by atoms with Gasteiger partial charge in [0.05, 0.1) is 17.7 Å². The van der Waals surface area contributed by atoms with Crippen LogP contribution < -0.4 is 4.74 Å². The summed E-state index contributed by atoms with van der Waals surface area (Å²) < 4.78 is 43.7. The van der Waals surface area contributed by atoms with Gasteiger partial charge in [0.15, 0.2) is 5.75 Å². The Bertz CT molecular complexity index is 894. The van der Waals surface area contributed by atoms with Crippen molar-refractivity contribution < 1.29 is 27.6 Å². The summed E-state index contributed by atoms with van der Waals surface area (Å²) in [6.07, 6.45) is -2.48. The minimum absolute atomic E-state index is 0.0390. The molecule has 1 aliphatic heterocycles. The number of rotatable bonds is 8. The Labute approximate surface area is 169 Å². The lowest BCUT2D eigenvalue weighted by atomic mass is 10.2. The van der Waals surface area contributed by atoms with E-state index < -0.39 is 16.8 Å². The molecule has 3 rings (SSSR count). The van der Waals surface area contributed by atoms with Crippen LogP contribution >= 0.6 is 0 Å². The first-order chi connectivity index (χ1) is 14.3. The van der Waals surface area contributed by atoms with Crippen molar-refractivity contribution >= 4 is 12.1 Å². The molecule has 0 spiro atoms. The van der Waals surface area contributed by atoms with Crippen molar-refractivity contribution in [3.8, 4) is 17.1 Å². The van der Waals surface area contributed by atoms with Crippen LogP contribution in [0, 0.1) is 10.1 Å². The maximum atomic E-state index is 12.7. The number of carbonyl (C=O) groups is 1. The van der Waals surface area contributed by atoms with E-state index in [2.05, 4.69) is 14.9 Å². The highest BCUT2D eigenvalue weighted by molar-refractivity contribution is 5.63. The average molecular weight is 427 g/mol. The van der Waals surface area contributed by atoms with E-state index in [4.69, 9.17) is 4.74 Å². The Balaban J connectivity index is 1.60. The van der Waals surface area contributed by atoms with Crippen molar-refractivity contribution in [1.82, 2.24) is 19.8 Å². The van der Waals surface area contributed by atoms with Gasteiger partial charge in [-0.25, -0.2) is 4.98 Å². The maximum Gasteiger partial charge on any atom is 0.432 e. The van der Waals surface area contributed by atoms with Crippen LogP contribution in [0.2, 0.25) is 0 Å². The van der Waals surface area contributed by atoms with Crippen LogP contribution in [-0.2, 0) is 11.0 Å². The van der Waals surface area contributed by atoms with Crippen LogP contribution in [0.5, 0.6) is 5.75 Å². The minimum atomic E-state index is -4.58. The van der Waals surface area contributed by atoms with Crippen molar-refractivity contribution in [3.05, 3.63) is 40.2 Å². The molecule has 0 atom stereocenters. The van der Waals surface area contributed by atoms with Gasteiger partial charge in [-0.1, -0.05) is 0 Å². The van der Waals surface area contributed by atoms with Crippen LogP contribution in [-0.4, -0.2) is 70.4 Å². The fourth-order valence-electron chi connectivity index (χ4n) is 3.10. The molecular weight excluding hydrogens is 407 g/mol. The number of nitrogens with zero attached hydrogens (tertiary/aromatic N) is 4. The maximum absolute atomic E-state index is 12.7. The number of H-pyrrole nitrogens is 1. The van der Waals surface area contributed by atoms with Crippen LogP contribution in [0.15, 0.2) is 24.4 Å². The Kier molecular flexibility index (Phi) is 6.55. The number of halogens is 3. The van der Waals surface area contributed by atoms with E-state index in [1.165, 1.54) is 12.1 Å². The number of hydrogen-bond acceptors (Lipinski definition) is 6. The third-order valence-corrected chi connectivity index (χ3v) is 4.74. The summed E-state index contributed by atoms with van der Waals surface area (Å²) in [5, 5.41) is 11.4. The van der Waals surface area contributed by atoms with E-state index in [0.29, 0.717) is 25.7 Å². The molecule has 0 unspecified atom stereocenters. The molecule has 1 amide bonds. The largest absolute Gasteiger partial charge is 0.487 e. The summed E-state index contributed by atoms with van der Waals surface area (Å²) in [6.45, 7) is 3.83. The highest BCUT2D eigenvalue weighted by Gasteiger charge is 2.33. The number of hydrogen-bond donors (Lipinski definition) is 1. The second kappa shape index (κ2) is 9.11. The molecule has 1 aromatic heterocycles. The van der Waals surface area contributed by atoms with E-state index in [9.17, 15) is 28.1 Å². The Morgan fingerprint density at radius 3 is 2.60 bits per heavy atom. The highest BCUT2D eigenvalue weighted by Crippen LogP contribution is 2.33. The smallest absolute Gasteiger partial charge is 0.432 e. The summed E-state index contributed by atoms with van der Waals surface area (Å²) in [4.78, 5) is 31.1. The number of nitrogens with one attached hydrogen (secondary N) is 1. The molecule has 0 aliphatic carbocycles. The zero-order chi connectivity index (χ0) is 21.7. The van der Waals surface area contributed by atoms with Gasteiger partial charge in [-0.15, -0.1) is 0 Å². The van der Waals surface area contributed by atoms with Gasteiger partial charge in [-0.3, -0.25) is 19.8 Å². The van der Waals surface area contributed by atoms with E-state index in [1.807, 2.05) is 0 Å². The number of imidazole rings is 1. The molecule has 0 saturated carbocycles. The van der Waals surface area contributed by atoms with Crippen molar-refractivity contribution in [2.24, 2.45) is 0 Å². The van der Waals surface area contributed by atoms with Gasteiger partial charge in [0, 0.05) is 44.4 Å². The molecule has 30 heavy (non-hydrogen) atoms. The average Bonchev–Trinajstić information content (AvgIpc) is 3.22. The minimum Gasteiger partial charge on any atom is -0.487 e. The van der Waals surface area contributed by atoms with Gasteiger partial charge >= 0.3 is 11.9 Å². The summed E-state index contributed by atoms with van der Waals surface area (Å²) in [5.41, 5.74) is -1.23. The summed E-state index contributed by atoms with van der Waals surface area (Å²) in [7, 11) is 0. The number of alkyl halides is 3. The van der Waals surface area contributed by atoms with Crippen LogP contribution in [0.4, 0.5) is 18.9 Å². The summed E-state index contributed by atoms with van der Waals surface area (Å²) in [6, 6.07) is 3.90. The zero-order valence-electron chi connectivity index (χ0n) is 15.9. The third-order valence-electron chi connectivity index (χ3n) is 4.74. The SMILES string of the molecule is O=CN1CCN(CCCOc2ccc(-c3ncc(C(F)(F)F)[nH]3)cc2[N+](=O)[O-])CC1. The van der Waals surface area contributed by atoms with Gasteiger partial charge < -0.3 is 14.6 Å². The molecule has 1 aliphatic rings. The van der Waals surface area contributed by atoms with Gasteiger partial charge in [-0.2, -0.15) is 13.2 Å². The molecule has 0 radical (unpaired) electrons. The molecule has 2 heterocycles. The molecule has 0 bridgehead atoms. The van der Waals surface area contributed by atoms with E-state index in [-0.39, 0.29) is 29.4 Å². The number of aromatic nitrogens is 2. The van der Waals surface area contributed by atoms with Crippen LogP contribution in [0.1, 0.15) is 12.1 Å². The lowest BCUT2D eigenvalue weighted by molar-refractivity contribution is -0.385. The quantitative estimate of drug-likeness (QED) is 0.301. The predicted octanol–water partition coefficient (Wildman–Crippen LogP) is 2.55. The monoisotopic (exact) mass is 427 g/mol. The predicted molar refractivity (Wildman–Crippen MR) is 99.9 cm³/mol. The lowest BCUT2D eigenvalue weighted by Crippen LogP contribution is -2.46. The number of piperazine rings is 1. The first-order valence-corrected chi connectivity index (χ1v) is 9.23. The molecule has 1 aromatic carbocycles. The Morgan fingerprint density at radius 1 is 1.27 bits per heavy atom. The second-order valence-corrected chi connectivity index (χ2v) is 6.77. The molecule has 1 N–H and O–H groups in total. The van der Waals surface area contributed by atoms with E-state index in [1.54, 1.807) is 4.90 Å². The number of benzene rings is 1. The molecule has 9 nitrogen and oxygen atoms in total. The molecular formula is C18H20F3N5O4. The molecule has 1 saturated heterocycles. The van der Waals surface area contributed by atoms with Gasteiger partial charge in [-0.05, 0) is 18.6 Å². The Hall–Kier alpha value is -3.15.